The lowest BCUT2D eigenvalue weighted by Gasteiger charge is -2.20. The molecule has 0 saturated carbocycles. The number of carbonyl (C=O) groups excluding carboxylic acids is 1. The van der Waals surface area contributed by atoms with E-state index in [0.717, 1.165) is 18.4 Å². The van der Waals surface area contributed by atoms with Crippen LogP contribution in [0.2, 0.25) is 0 Å². The predicted octanol–water partition coefficient (Wildman–Crippen LogP) is 2.46. The van der Waals surface area contributed by atoms with Crippen LogP contribution in [0, 0.1) is 11.3 Å². The third kappa shape index (κ3) is 5.07. The molecule has 1 unspecified atom stereocenters. The van der Waals surface area contributed by atoms with E-state index in [9.17, 15) is 10.1 Å². The van der Waals surface area contributed by atoms with Crippen LogP contribution in [0.15, 0.2) is 30.0 Å². The monoisotopic (exact) mass is 341 g/mol. The molecule has 1 amide bonds. The number of aryl methyl sites for hydroxylation is 2. The number of nitrogens with one attached hydrogen (secondary N) is 1. The Bertz CT molecular complexity index is 676. The number of aliphatic hydroxyl groups excluding tert-OH is 1. The fraction of sp³-hybridized carbons (Fsp3) is 0.500. The van der Waals surface area contributed by atoms with E-state index in [0.29, 0.717) is 13.1 Å². The number of hydrogen-bond acceptors (Lipinski definition) is 4. The summed E-state index contributed by atoms with van der Waals surface area (Å²) in [7, 11) is 0. The minimum Gasteiger partial charge on any atom is -0.395 e. The smallest absolute Gasteiger partial charge is 0.263 e. The van der Waals surface area contributed by atoms with Gasteiger partial charge in [0.15, 0.2) is 0 Å². The Morgan fingerprint density at radius 2 is 2.12 bits per heavy atom. The number of aliphatic hydroxyl groups is 1. The maximum Gasteiger partial charge on any atom is 0.263 e. The lowest BCUT2D eigenvalue weighted by molar-refractivity contribution is -0.117. The molecule has 0 spiro atoms. The van der Waals surface area contributed by atoms with Gasteiger partial charge in [0, 0.05) is 19.3 Å². The van der Waals surface area contributed by atoms with E-state index in [-0.39, 0.29) is 24.1 Å². The number of fused-ring (bicyclic) bond motifs is 1. The third-order valence-corrected chi connectivity index (χ3v) is 4.69. The van der Waals surface area contributed by atoms with Gasteiger partial charge in [-0.15, -0.1) is 0 Å². The summed E-state index contributed by atoms with van der Waals surface area (Å²) in [6.45, 7) is 4.85. The highest BCUT2D eigenvalue weighted by Gasteiger charge is 2.17. The van der Waals surface area contributed by atoms with Crippen molar-refractivity contribution in [1.29, 1.82) is 5.26 Å². The molecule has 0 bridgehead atoms. The van der Waals surface area contributed by atoms with Crippen molar-refractivity contribution in [3.8, 4) is 6.07 Å². The largest absolute Gasteiger partial charge is 0.395 e. The van der Waals surface area contributed by atoms with Crippen LogP contribution in [0.3, 0.4) is 0 Å². The molecule has 0 aromatic heterocycles. The molecule has 5 nitrogen and oxygen atoms in total. The van der Waals surface area contributed by atoms with Crippen LogP contribution in [0.1, 0.15) is 49.4 Å². The van der Waals surface area contributed by atoms with Crippen LogP contribution in [0.4, 0.5) is 0 Å². The zero-order chi connectivity index (χ0) is 18.2. The molecule has 1 aliphatic carbocycles. The number of amides is 1. The van der Waals surface area contributed by atoms with Crippen LogP contribution >= 0.6 is 0 Å². The summed E-state index contributed by atoms with van der Waals surface area (Å²) in [6, 6.07) is 8.20. The number of hydrogen-bond donors (Lipinski definition) is 2. The second-order valence-electron chi connectivity index (χ2n) is 6.44. The third-order valence-electron chi connectivity index (χ3n) is 4.69. The highest BCUT2D eigenvalue weighted by molar-refractivity contribution is 5.97. The average molecular weight is 341 g/mol. The van der Waals surface area contributed by atoms with Gasteiger partial charge in [0.1, 0.15) is 11.6 Å². The first-order valence-corrected chi connectivity index (χ1v) is 8.98. The Morgan fingerprint density at radius 1 is 1.40 bits per heavy atom. The molecule has 134 valence electrons. The molecule has 0 heterocycles. The molecule has 25 heavy (non-hydrogen) atoms. The minimum absolute atomic E-state index is 0.0177. The predicted molar refractivity (Wildman–Crippen MR) is 97.7 cm³/mol. The second-order valence-corrected chi connectivity index (χ2v) is 6.44. The zero-order valence-corrected chi connectivity index (χ0v) is 15.1. The lowest BCUT2D eigenvalue weighted by atomic mass is 9.89. The van der Waals surface area contributed by atoms with E-state index in [1.165, 1.54) is 30.2 Å². The maximum absolute atomic E-state index is 12.4. The molecule has 1 aliphatic rings. The average Bonchev–Trinajstić information content (AvgIpc) is 2.64. The summed E-state index contributed by atoms with van der Waals surface area (Å²) in [4.78, 5) is 14.2. The van der Waals surface area contributed by atoms with Crippen molar-refractivity contribution in [2.75, 3.05) is 19.7 Å². The van der Waals surface area contributed by atoms with Gasteiger partial charge in [0.2, 0.25) is 0 Å². The quantitative estimate of drug-likeness (QED) is 0.590. The molecular weight excluding hydrogens is 314 g/mol. The summed E-state index contributed by atoms with van der Waals surface area (Å²) in [5.74, 6) is -0.385. The van der Waals surface area contributed by atoms with Crippen molar-refractivity contribution in [1.82, 2.24) is 10.2 Å². The van der Waals surface area contributed by atoms with Gasteiger partial charge in [0.25, 0.3) is 5.91 Å². The second kappa shape index (κ2) is 9.24. The maximum atomic E-state index is 12.4. The molecule has 1 atom stereocenters. The van der Waals surface area contributed by atoms with Crippen molar-refractivity contribution in [3.63, 3.8) is 0 Å². The van der Waals surface area contributed by atoms with Gasteiger partial charge < -0.3 is 15.3 Å². The van der Waals surface area contributed by atoms with Gasteiger partial charge in [-0.3, -0.25) is 4.79 Å². The molecule has 1 aromatic carbocycles. The van der Waals surface area contributed by atoms with Gasteiger partial charge in [-0.05, 0) is 56.2 Å². The number of rotatable bonds is 7. The Labute approximate surface area is 150 Å². The standard InChI is InChI=1S/C20H27N3O2/c1-3-23(10-11-24)14-19(13-21)20(25)22-15(2)17-9-8-16-6-4-5-7-18(16)12-17/h8-9,12,14-15,24H,3-7,10-11H2,1-2H3,(H,22,25)/b19-14-. The van der Waals surface area contributed by atoms with Gasteiger partial charge in [0.05, 0.1) is 12.6 Å². The van der Waals surface area contributed by atoms with E-state index >= 15 is 0 Å². The Kier molecular flexibility index (Phi) is 7.03. The van der Waals surface area contributed by atoms with Crippen LogP contribution in [-0.4, -0.2) is 35.6 Å². The summed E-state index contributed by atoms with van der Waals surface area (Å²) >= 11 is 0. The number of carbonyl (C=O) groups is 1. The topological polar surface area (TPSA) is 76.4 Å². The summed E-state index contributed by atoms with van der Waals surface area (Å²) in [5, 5.41) is 21.2. The number of benzene rings is 1. The van der Waals surface area contributed by atoms with Crippen LogP contribution < -0.4 is 5.32 Å². The SMILES string of the molecule is CCN(/C=C(/C#N)C(=O)NC(C)c1ccc2c(c1)CCCC2)CCO. The van der Waals surface area contributed by atoms with Crippen molar-refractivity contribution in [2.24, 2.45) is 0 Å². The minimum atomic E-state index is -0.385. The van der Waals surface area contributed by atoms with E-state index in [4.69, 9.17) is 5.11 Å². The van der Waals surface area contributed by atoms with Gasteiger partial charge in [-0.1, -0.05) is 18.2 Å². The van der Waals surface area contributed by atoms with Gasteiger partial charge >= 0.3 is 0 Å². The molecule has 2 N–H and O–H groups in total. The fourth-order valence-corrected chi connectivity index (χ4v) is 3.14. The first kappa shape index (κ1) is 19.0. The van der Waals surface area contributed by atoms with Crippen molar-refractivity contribution < 1.29 is 9.90 Å². The highest BCUT2D eigenvalue weighted by Crippen LogP contribution is 2.24. The van der Waals surface area contributed by atoms with Gasteiger partial charge in [-0.2, -0.15) is 5.26 Å². The summed E-state index contributed by atoms with van der Waals surface area (Å²) in [6.07, 6.45) is 6.22. The summed E-state index contributed by atoms with van der Waals surface area (Å²) in [5.41, 5.74) is 3.91. The van der Waals surface area contributed by atoms with Gasteiger partial charge in [-0.25, -0.2) is 0 Å². The zero-order valence-electron chi connectivity index (χ0n) is 15.1. The first-order valence-electron chi connectivity index (χ1n) is 8.98. The number of nitrogens with zero attached hydrogens (tertiary/aromatic N) is 2. The van der Waals surface area contributed by atoms with Crippen LogP contribution in [0.5, 0.6) is 0 Å². The molecule has 0 radical (unpaired) electrons. The van der Waals surface area contributed by atoms with Crippen molar-refractivity contribution >= 4 is 5.91 Å². The number of nitriles is 1. The molecule has 0 fully saturated rings. The normalized spacial score (nSPS) is 15.0. The fourth-order valence-electron chi connectivity index (χ4n) is 3.14. The Hall–Kier alpha value is -2.32. The molecule has 5 heteroatoms. The molecule has 0 aliphatic heterocycles. The number of likely N-dealkylation sites (N-methyl/N-ethyl adjacent to an activating group) is 1. The van der Waals surface area contributed by atoms with Crippen molar-refractivity contribution in [2.45, 2.75) is 45.6 Å². The van der Waals surface area contributed by atoms with Crippen molar-refractivity contribution in [3.05, 3.63) is 46.7 Å². The first-order chi connectivity index (χ1) is 12.1. The van der Waals surface area contributed by atoms with E-state index < -0.39 is 0 Å². The highest BCUT2D eigenvalue weighted by atomic mass is 16.3. The molecular formula is C20H27N3O2. The van der Waals surface area contributed by atoms with E-state index in [1.54, 1.807) is 4.90 Å². The van der Waals surface area contributed by atoms with Crippen LogP contribution in [-0.2, 0) is 17.6 Å². The molecule has 2 rings (SSSR count). The Balaban J connectivity index is 2.08. The van der Waals surface area contributed by atoms with Crippen LogP contribution in [0.25, 0.3) is 0 Å². The lowest BCUT2D eigenvalue weighted by Crippen LogP contribution is -2.30. The summed E-state index contributed by atoms with van der Waals surface area (Å²) < 4.78 is 0. The van der Waals surface area contributed by atoms with E-state index in [1.807, 2.05) is 19.9 Å². The molecule has 1 aromatic rings. The Morgan fingerprint density at radius 3 is 2.76 bits per heavy atom. The van der Waals surface area contributed by atoms with E-state index in [2.05, 4.69) is 23.5 Å². The molecule has 0 saturated heterocycles.